The summed E-state index contributed by atoms with van der Waals surface area (Å²) >= 11 is 0. The van der Waals surface area contributed by atoms with Crippen LogP contribution in [0.15, 0.2) is 30.3 Å². The number of hydrogen-bond donors (Lipinski definition) is 3. The number of aliphatic hydroxyl groups is 1. The second-order valence-corrected chi connectivity index (χ2v) is 9.27. The summed E-state index contributed by atoms with van der Waals surface area (Å²) in [6, 6.07) is 8.75. The molecule has 0 aromatic heterocycles. The first-order valence-electron chi connectivity index (χ1n) is 12.1. The molecule has 3 N–H and O–H groups in total. The van der Waals surface area contributed by atoms with Crippen molar-refractivity contribution in [1.29, 1.82) is 0 Å². The minimum Gasteiger partial charge on any atom is -0.394 e. The van der Waals surface area contributed by atoms with Gasteiger partial charge in [0.15, 0.2) is 17.9 Å². The quantitative estimate of drug-likeness (QED) is 0.290. The maximum absolute atomic E-state index is 12.1. The van der Waals surface area contributed by atoms with Gasteiger partial charge in [-0.2, -0.15) is 0 Å². The maximum atomic E-state index is 12.1. The number of ether oxygens (including phenoxy) is 4. The zero-order valence-corrected chi connectivity index (χ0v) is 20.3. The van der Waals surface area contributed by atoms with Crippen LogP contribution in [0.3, 0.4) is 0 Å². The zero-order chi connectivity index (χ0) is 24.6. The smallest absolute Gasteiger partial charge is 0.217 e. The second-order valence-electron chi connectivity index (χ2n) is 9.27. The molecule has 0 radical (unpaired) electrons. The van der Waals surface area contributed by atoms with Crippen LogP contribution < -0.4 is 10.6 Å². The molecule has 2 aliphatic rings. The molecule has 2 fully saturated rings. The topological polar surface area (TPSA) is 115 Å². The van der Waals surface area contributed by atoms with Crippen LogP contribution in [-0.4, -0.2) is 79.5 Å². The molecule has 0 aliphatic carbocycles. The van der Waals surface area contributed by atoms with Crippen molar-refractivity contribution in [3.8, 4) is 0 Å². The first-order chi connectivity index (χ1) is 16.3. The lowest BCUT2D eigenvalue weighted by Gasteiger charge is -2.41. The minimum atomic E-state index is -0.836. The molecule has 2 aliphatic heterocycles. The van der Waals surface area contributed by atoms with Crippen LogP contribution in [0.4, 0.5) is 0 Å². The molecule has 1 amide bonds. The average molecular weight is 479 g/mol. The van der Waals surface area contributed by atoms with Gasteiger partial charge in [-0.3, -0.25) is 9.59 Å². The summed E-state index contributed by atoms with van der Waals surface area (Å²) in [7, 11) is 0. The summed E-state index contributed by atoms with van der Waals surface area (Å²) in [6.07, 6.45) is 1.48. The molecule has 2 saturated heterocycles. The number of carbonyl (C=O) groups excluding carboxylic acids is 2. The molecule has 5 atom stereocenters. The first-order valence-corrected chi connectivity index (χ1v) is 12.1. The van der Waals surface area contributed by atoms with E-state index in [1.54, 1.807) is 13.8 Å². The van der Waals surface area contributed by atoms with Gasteiger partial charge in [-0.15, -0.1) is 0 Å². The fourth-order valence-electron chi connectivity index (χ4n) is 4.38. The van der Waals surface area contributed by atoms with E-state index in [4.69, 9.17) is 18.9 Å². The number of fused-ring (bicyclic) bond motifs is 1. The van der Waals surface area contributed by atoms with E-state index in [1.165, 1.54) is 6.92 Å². The van der Waals surface area contributed by atoms with E-state index in [9.17, 15) is 14.7 Å². The molecule has 1 aromatic rings. The Labute approximate surface area is 201 Å². The van der Waals surface area contributed by atoms with Crippen molar-refractivity contribution in [3.05, 3.63) is 35.9 Å². The van der Waals surface area contributed by atoms with Crippen molar-refractivity contribution < 1.29 is 33.6 Å². The molecular formula is C25H38N2O7. The summed E-state index contributed by atoms with van der Waals surface area (Å²) < 4.78 is 23.8. The monoisotopic (exact) mass is 478 g/mol. The first kappa shape index (κ1) is 26.7. The largest absolute Gasteiger partial charge is 0.394 e. The van der Waals surface area contributed by atoms with Gasteiger partial charge < -0.3 is 34.7 Å². The molecule has 2 heterocycles. The average Bonchev–Trinajstić information content (AvgIpc) is 3.14. The number of amides is 1. The van der Waals surface area contributed by atoms with Crippen molar-refractivity contribution in [2.75, 3.05) is 26.3 Å². The maximum Gasteiger partial charge on any atom is 0.217 e. The van der Waals surface area contributed by atoms with Gasteiger partial charge in [0, 0.05) is 19.1 Å². The van der Waals surface area contributed by atoms with Crippen LogP contribution in [0.1, 0.15) is 56.8 Å². The Hall–Kier alpha value is -1.88. The number of aliphatic hydroxyl groups excluding tert-OH is 1. The molecule has 9 heteroatoms. The fraction of sp³-hybridized carbons (Fsp3) is 0.680. The molecule has 190 valence electrons. The van der Waals surface area contributed by atoms with E-state index >= 15 is 0 Å². The zero-order valence-electron chi connectivity index (χ0n) is 20.3. The standard InChI is InChI=1S/C25H38N2O7/c1-17(29)27-21-23-22(33-25(2,3)34-23)20(16-28)32-24(21)31-14-10-5-4-9-13-26-15-19(30)18-11-7-6-8-12-18/h6-8,11-12,20-24,26,28H,4-5,9-10,13-16H2,1-3H3,(H,27,29). The molecule has 0 saturated carbocycles. The Morgan fingerprint density at radius 1 is 1.06 bits per heavy atom. The lowest BCUT2D eigenvalue weighted by Crippen LogP contribution is -2.63. The van der Waals surface area contributed by atoms with Crippen LogP contribution in [0.25, 0.3) is 0 Å². The minimum absolute atomic E-state index is 0.0960. The number of benzene rings is 1. The van der Waals surface area contributed by atoms with Crippen molar-refractivity contribution in [2.24, 2.45) is 0 Å². The molecule has 5 unspecified atom stereocenters. The second kappa shape index (κ2) is 12.7. The van der Waals surface area contributed by atoms with Crippen molar-refractivity contribution >= 4 is 11.7 Å². The van der Waals surface area contributed by atoms with Gasteiger partial charge in [0.2, 0.25) is 5.91 Å². The van der Waals surface area contributed by atoms with Gasteiger partial charge in [-0.05, 0) is 33.2 Å². The number of unbranched alkanes of at least 4 members (excludes halogenated alkanes) is 3. The number of ketones is 1. The van der Waals surface area contributed by atoms with Crippen LogP contribution in [0.2, 0.25) is 0 Å². The highest BCUT2D eigenvalue weighted by Gasteiger charge is 2.55. The molecule has 0 bridgehead atoms. The Kier molecular flexibility index (Phi) is 9.99. The summed E-state index contributed by atoms with van der Waals surface area (Å²) in [4.78, 5) is 23.9. The van der Waals surface area contributed by atoms with E-state index in [1.807, 2.05) is 30.3 Å². The van der Waals surface area contributed by atoms with Gasteiger partial charge in [0.1, 0.15) is 24.4 Å². The predicted molar refractivity (Wildman–Crippen MR) is 125 cm³/mol. The highest BCUT2D eigenvalue weighted by molar-refractivity contribution is 5.97. The molecule has 1 aromatic carbocycles. The van der Waals surface area contributed by atoms with Crippen molar-refractivity contribution in [2.45, 2.75) is 82.9 Å². The molecule has 34 heavy (non-hydrogen) atoms. The van der Waals surface area contributed by atoms with E-state index in [0.29, 0.717) is 13.2 Å². The van der Waals surface area contributed by atoms with Gasteiger partial charge in [0.05, 0.1) is 13.2 Å². The van der Waals surface area contributed by atoms with E-state index < -0.39 is 36.4 Å². The Bertz CT molecular complexity index is 789. The lowest BCUT2D eigenvalue weighted by atomic mass is 9.97. The van der Waals surface area contributed by atoms with E-state index in [2.05, 4.69) is 10.6 Å². The number of nitrogens with one attached hydrogen (secondary N) is 2. The van der Waals surface area contributed by atoms with Crippen LogP contribution in [0.5, 0.6) is 0 Å². The van der Waals surface area contributed by atoms with E-state index in [0.717, 1.165) is 37.8 Å². The summed E-state index contributed by atoms with van der Waals surface area (Å²) in [5, 5.41) is 15.8. The third kappa shape index (κ3) is 7.56. The van der Waals surface area contributed by atoms with Gasteiger partial charge in [0.25, 0.3) is 0 Å². The van der Waals surface area contributed by atoms with Crippen molar-refractivity contribution in [1.82, 2.24) is 10.6 Å². The fourth-order valence-corrected chi connectivity index (χ4v) is 4.38. The Balaban J connectivity index is 1.35. The number of rotatable bonds is 13. The highest BCUT2D eigenvalue weighted by Crippen LogP contribution is 2.37. The third-order valence-electron chi connectivity index (χ3n) is 5.95. The normalized spacial score (nSPS) is 27.8. The number of hydrogen-bond acceptors (Lipinski definition) is 8. The highest BCUT2D eigenvalue weighted by atomic mass is 16.8. The number of carbonyl (C=O) groups is 2. The molecule has 3 rings (SSSR count). The predicted octanol–water partition coefficient (Wildman–Crippen LogP) is 1.78. The molecule has 9 nitrogen and oxygen atoms in total. The van der Waals surface area contributed by atoms with Gasteiger partial charge in [-0.1, -0.05) is 43.2 Å². The summed E-state index contributed by atoms with van der Waals surface area (Å²) in [5.41, 5.74) is 0.725. The third-order valence-corrected chi connectivity index (χ3v) is 5.95. The van der Waals surface area contributed by atoms with Crippen molar-refractivity contribution in [3.63, 3.8) is 0 Å². The SMILES string of the molecule is CC(=O)NC1C(OCCCCCCNCC(=O)c2ccccc2)OC(CO)C2OC(C)(C)OC12. The number of Topliss-reactive ketones (excluding diaryl/α,β-unsaturated/α-hetero) is 1. The Morgan fingerprint density at radius 2 is 1.76 bits per heavy atom. The van der Waals surface area contributed by atoms with Gasteiger partial charge in [-0.25, -0.2) is 0 Å². The molecular weight excluding hydrogens is 440 g/mol. The summed E-state index contributed by atoms with van der Waals surface area (Å²) in [6.45, 7) is 6.39. The van der Waals surface area contributed by atoms with Crippen LogP contribution in [0, 0.1) is 0 Å². The van der Waals surface area contributed by atoms with Gasteiger partial charge >= 0.3 is 0 Å². The van der Waals surface area contributed by atoms with E-state index in [-0.39, 0.29) is 18.3 Å². The Morgan fingerprint density at radius 3 is 2.47 bits per heavy atom. The van der Waals surface area contributed by atoms with Crippen LogP contribution in [-0.2, 0) is 23.7 Å². The summed E-state index contributed by atoms with van der Waals surface area (Å²) in [5.74, 6) is -0.953. The molecule has 0 spiro atoms. The lowest BCUT2D eigenvalue weighted by molar-refractivity contribution is -0.251. The van der Waals surface area contributed by atoms with Crippen LogP contribution >= 0.6 is 0 Å².